The summed E-state index contributed by atoms with van der Waals surface area (Å²) >= 11 is 0. The van der Waals surface area contributed by atoms with E-state index in [1.807, 2.05) is 44.2 Å². The van der Waals surface area contributed by atoms with E-state index in [0.717, 1.165) is 12.0 Å². The molecule has 0 aromatic heterocycles. The summed E-state index contributed by atoms with van der Waals surface area (Å²) in [5.41, 5.74) is 6.09. The first kappa shape index (κ1) is 17.5. The van der Waals surface area contributed by atoms with Gasteiger partial charge < -0.3 is 5.11 Å². The van der Waals surface area contributed by atoms with E-state index in [0.29, 0.717) is 0 Å². The number of hydrazine groups is 1. The minimum atomic E-state index is -0.477. The molecule has 2 amide bonds. The molecule has 0 aliphatic carbocycles. The number of carbonyl (C=O) groups is 2. The molecule has 0 saturated heterocycles. The molecule has 2 atom stereocenters. The minimum Gasteiger partial charge on any atom is -0.508 e. The molecule has 2 rings (SSSR count). The summed E-state index contributed by atoms with van der Waals surface area (Å²) in [6.45, 7) is 4.04. The molecule has 2 aromatic carbocycles. The summed E-state index contributed by atoms with van der Waals surface area (Å²) in [5, 5.41) is 9.41. The third kappa shape index (κ3) is 4.35. The molecular weight excluding hydrogens is 304 g/mol. The lowest BCUT2D eigenvalue weighted by Crippen LogP contribution is -2.45. The van der Waals surface area contributed by atoms with Crippen LogP contribution in [-0.4, -0.2) is 16.9 Å². The van der Waals surface area contributed by atoms with Gasteiger partial charge in [0.2, 0.25) is 5.91 Å². The second kappa shape index (κ2) is 8.15. The van der Waals surface area contributed by atoms with Crippen molar-refractivity contribution in [3.8, 4) is 5.75 Å². The third-order valence-electron chi connectivity index (χ3n) is 4.06. The molecule has 0 bridgehead atoms. The van der Waals surface area contributed by atoms with Crippen molar-refractivity contribution >= 4 is 11.8 Å². The van der Waals surface area contributed by atoms with E-state index in [1.54, 1.807) is 12.1 Å². The van der Waals surface area contributed by atoms with Crippen LogP contribution in [0.5, 0.6) is 5.75 Å². The molecule has 24 heavy (non-hydrogen) atoms. The lowest BCUT2D eigenvalue weighted by atomic mass is 9.85. The Bertz CT molecular complexity index is 701. The largest absolute Gasteiger partial charge is 0.508 e. The SMILES string of the molecule is CC[C@H](C)[C@H](C(=O)NNC(=O)c1cccc(O)c1)c1ccccc1. The maximum absolute atomic E-state index is 12.6. The average Bonchev–Trinajstić information content (AvgIpc) is 2.60. The van der Waals surface area contributed by atoms with Crippen molar-refractivity contribution < 1.29 is 14.7 Å². The van der Waals surface area contributed by atoms with E-state index in [9.17, 15) is 14.7 Å². The summed E-state index contributed by atoms with van der Waals surface area (Å²) in [7, 11) is 0. The lowest BCUT2D eigenvalue weighted by Gasteiger charge is -2.22. The second-order valence-corrected chi connectivity index (χ2v) is 5.77. The molecule has 0 aliphatic heterocycles. The van der Waals surface area contributed by atoms with Gasteiger partial charge in [-0.2, -0.15) is 0 Å². The van der Waals surface area contributed by atoms with Crippen LogP contribution in [0.25, 0.3) is 0 Å². The van der Waals surface area contributed by atoms with Crippen LogP contribution < -0.4 is 10.9 Å². The zero-order valence-corrected chi connectivity index (χ0v) is 13.8. The number of aromatic hydroxyl groups is 1. The van der Waals surface area contributed by atoms with Crippen LogP contribution in [0.4, 0.5) is 0 Å². The van der Waals surface area contributed by atoms with Crippen molar-refractivity contribution in [2.24, 2.45) is 5.92 Å². The highest BCUT2D eigenvalue weighted by molar-refractivity contribution is 5.96. The van der Waals surface area contributed by atoms with E-state index in [-0.39, 0.29) is 29.1 Å². The first-order chi connectivity index (χ1) is 11.5. The fourth-order valence-corrected chi connectivity index (χ4v) is 2.55. The molecule has 0 unspecified atom stereocenters. The molecule has 2 aromatic rings. The highest BCUT2D eigenvalue weighted by Gasteiger charge is 2.26. The van der Waals surface area contributed by atoms with E-state index in [1.165, 1.54) is 12.1 Å². The standard InChI is InChI=1S/C19H22N2O3/c1-3-13(2)17(14-8-5-4-6-9-14)19(24)21-20-18(23)15-10-7-11-16(22)12-15/h4-13,17,22H,3H2,1-2H3,(H,20,23)(H,21,24)/t13-,17-/m0/s1. The third-order valence-corrected chi connectivity index (χ3v) is 4.06. The van der Waals surface area contributed by atoms with Gasteiger partial charge in [-0.05, 0) is 29.7 Å². The van der Waals surface area contributed by atoms with Gasteiger partial charge in [0.15, 0.2) is 0 Å². The highest BCUT2D eigenvalue weighted by Crippen LogP contribution is 2.26. The molecule has 126 valence electrons. The Morgan fingerprint density at radius 3 is 2.38 bits per heavy atom. The Morgan fingerprint density at radius 2 is 1.75 bits per heavy atom. The molecule has 0 heterocycles. The van der Waals surface area contributed by atoms with Crippen molar-refractivity contribution in [3.63, 3.8) is 0 Å². The normalized spacial score (nSPS) is 12.9. The topological polar surface area (TPSA) is 78.4 Å². The number of phenols is 1. The summed E-state index contributed by atoms with van der Waals surface area (Å²) in [6, 6.07) is 15.4. The number of benzene rings is 2. The van der Waals surface area contributed by atoms with Crippen LogP contribution in [-0.2, 0) is 4.79 Å². The summed E-state index contributed by atoms with van der Waals surface area (Å²) in [6.07, 6.45) is 0.841. The molecular formula is C19H22N2O3. The first-order valence-electron chi connectivity index (χ1n) is 7.97. The quantitative estimate of drug-likeness (QED) is 0.739. The summed E-state index contributed by atoms with van der Waals surface area (Å²) in [5.74, 6) is -0.958. The van der Waals surface area contributed by atoms with Gasteiger partial charge in [-0.1, -0.05) is 56.7 Å². The van der Waals surface area contributed by atoms with Gasteiger partial charge in [-0.25, -0.2) is 0 Å². The van der Waals surface area contributed by atoms with Gasteiger partial charge in [0.1, 0.15) is 5.75 Å². The fourth-order valence-electron chi connectivity index (χ4n) is 2.55. The number of rotatable bonds is 5. The van der Waals surface area contributed by atoms with Crippen LogP contribution in [0, 0.1) is 5.92 Å². The minimum absolute atomic E-state index is 0.00394. The zero-order valence-electron chi connectivity index (χ0n) is 13.8. The number of carbonyl (C=O) groups excluding carboxylic acids is 2. The summed E-state index contributed by atoms with van der Waals surface area (Å²) < 4.78 is 0. The number of hydrogen-bond acceptors (Lipinski definition) is 3. The van der Waals surface area contributed by atoms with E-state index in [2.05, 4.69) is 10.9 Å². The van der Waals surface area contributed by atoms with Gasteiger partial charge in [-0.3, -0.25) is 20.4 Å². The molecule has 3 N–H and O–H groups in total. The van der Waals surface area contributed by atoms with Crippen LogP contribution >= 0.6 is 0 Å². The van der Waals surface area contributed by atoms with Crippen LogP contribution in [0.1, 0.15) is 42.1 Å². The molecule has 0 spiro atoms. The second-order valence-electron chi connectivity index (χ2n) is 5.77. The van der Waals surface area contributed by atoms with Gasteiger partial charge in [0.25, 0.3) is 5.91 Å². The Labute approximate surface area is 141 Å². The molecule has 0 radical (unpaired) electrons. The molecule has 0 saturated carbocycles. The van der Waals surface area contributed by atoms with Crippen LogP contribution in [0.15, 0.2) is 54.6 Å². The first-order valence-corrected chi connectivity index (χ1v) is 7.97. The predicted molar refractivity (Wildman–Crippen MR) is 92.4 cm³/mol. The van der Waals surface area contributed by atoms with Gasteiger partial charge in [-0.15, -0.1) is 0 Å². The highest BCUT2D eigenvalue weighted by atomic mass is 16.3. The molecule has 5 nitrogen and oxygen atoms in total. The Kier molecular flexibility index (Phi) is 5.95. The molecule has 0 fully saturated rings. The molecule has 5 heteroatoms. The Balaban J connectivity index is 2.07. The monoisotopic (exact) mass is 326 g/mol. The maximum Gasteiger partial charge on any atom is 0.269 e. The Hall–Kier alpha value is -2.82. The van der Waals surface area contributed by atoms with Crippen molar-refractivity contribution in [1.82, 2.24) is 10.9 Å². The van der Waals surface area contributed by atoms with Gasteiger partial charge >= 0.3 is 0 Å². The average molecular weight is 326 g/mol. The van der Waals surface area contributed by atoms with Crippen molar-refractivity contribution in [2.45, 2.75) is 26.2 Å². The number of nitrogens with one attached hydrogen (secondary N) is 2. The van der Waals surface area contributed by atoms with Crippen LogP contribution in [0.2, 0.25) is 0 Å². The number of hydrogen-bond donors (Lipinski definition) is 3. The lowest BCUT2D eigenvalue weighted by molar-refractivity contribution is -0.124. The molecule has 0 aliphatic rings. The van der Waals surface area contributed by atoms with Gasteiger partial charge in [0.05, 0.1) is 5.92 Å². The van der Waals surface area contributed by atoms with Crippen molar-refractivity contribution in [3.05, 3.63) is 65.7 Å². The van der Waals surface area contributed by atoms with Crippen molar-refractivity contribution in [2.75, 3.05) is 0 Å². The smallest absolute Gasteiger partial charge is 0.269 e. The zero-order chi connectivity index (χ0) is 17.5. The number of amides is 2. The summed E-state index contributed by atoms with van der Waals surface area (Å²) in [4.78, 5) is 24.6. The van der Waals surface area contributed by atoms with E-state index >= 15 is 0 Å². The number of phenolic OH excluding ortho intramolecular Hbond substituents is 1. The van der Waals surface area contributed by atoms with Crippen LogP contribution in [0.3, 0.4) is 0 Å². The fraction of sp³-hybridized carbons (Fsp3) is 0.263. The van der Waals surface area contributed by atoms with Gasteiger partial charge in [0, 0.05) is 5.56 Å². The Morgan fingerprint density at radius 1 is 1.04 bits per heavy atom. The van der Waals surface area contributed by atoms with E-state index < -0.39 is 5.91 Å². The van der Waals surface area contributed by atoms with E-state index in [4.69, 9.17) is 0 Å². The predicted octanol–water partition coefficient (Wildman–Crippen LogP) is 2.98. The van der Waals surface area contributed by atoms with Crippen molar-refractivity contribution in [1.29, 1.82) is 0 Å². The maximum atomic E-state index is 12.6.